The maximum Gasteiger partial charge on any atom is 0.278 e. The van der Waals surface area contributed by atoms with E-state index in [1.165, 1.54) is 33.7 Å². The highest BCUT2D eigenvalue weighted by Gasteiger charge is 2.44. The Labute approximate surface area is 217 Å². The van der Waals surface area contributed by atoms with E-state index in [9.17, 15) is 27.9 Å². The molecule has 4 heterocycles. The topological polar surface area (TPSA) is 75.0 Å². The van der Waals surface area contributed by atoms with E-state index in [0.717, 1.165) is 23.1 Å². The van der Waals surface area contributed by atoms with Crippen molar-refractivity contribution >= 4 is 17.7 Å². The lowest BCUT2D eigenvalue weighted by Gasteiger charge is -2.45. The fraction of sp³-hybridized carbons (Fsp3) is 0.231. The summed E-state index contributed by atoms with van der Waals surface area (Å²) in [5, 5.41) is 12.1. The van der Waals surface area contributed by atoms with Gasteiger partial charge in [-0.2, -0.15) is 0 Å². The highest BCUT2D eigenvalue weighted by Crippen LogP contribution is 2.47. The van der Waals surface area contributed by atoms with Crippen molar-refractivity contribution in [2.45, 2.75) is 29.2 Å². The second kappa shape index (κ2) is 9.12. The van der Waals surface area contributed by atoms with Gasteiger partial charge < -0.3 is 14.7 Å². The molecule has 0 radical (unpaired) electrons. The lowest BCUT2D eigenvalue weighted by Crippen LogP contribution is -2.59. The van der Waals surface area contributed by atoms with Crippen LogP contribution in [-0.4, -0.2) is 46.3 Å². The van der Waals surface area contributed by atoms with Gasteiger partial charge in [0.2, 0.25) is 5.43 Å². The molecule has 3 aliphatic heterocycles. The first-order valence-corrected chi connectivity index (χ1v) is 12.6. The molecule has 2 aromatic carbocycles. The summed E-state index contributed by atoms with van der Waals surface area (Å²) in [6.07, 6.45) is 0.589. The Hall–Kier alpha value is -3.93. The van der Waals surface area contributed by atoms with Crippen molar-refractivity contribution in [2.75, 3.05) is 18.3 Å². The van der Waals surface area contributed by atoms with Crippen molar-refractivity contribution in [1.29, 1.82) is 0 Å². The summed E-state index contributed by atoms with van der Waals surface area (Å²) in [6.45, 7) is -0.671. The quantitative estimate of drug-likeness (QED) is 0.366. The minimum Gasteiger partial charge on any atom is -0.502 e. The van der Waals surface area contributed by atoms with E-state index in [1.807, 2.05) is 0 Å². The van der Waals surface area contributed by atoms with Gasteiger partial charge in [-0.05, 0) is 17.7 Å². The van der Waals surface area contributed by atoms with Gasteiger partial charge in [0.15, 0.2) is 23.1 Å². The number of rotatable bonds is 1. The molecule has 0 saturated heterocycles. The molecule has 6 rings (SSSR count). The number of aromatic hydroxyl groups is 1. The molecule has 1 amide bonds. The van der Waals surface area contributed by atoms with Crippen LogP contribution in [0.15, 0.2) is 64.4 Å². The van der Waals surface area contributed by atoms with Crippen LogP contribution in [0.2, 0.25) is 0 Å². The van der Waals surface area contributed by atoms with E-state index in [-0.39, 0.29) is 29.2 Å². The number of carbonyl (C=O) groups excluding carboxylic acids is 1. The van der Waals surface area contributed by atoms with Crippen LogP contribution in [0.4, 0.5) is 17.6 Å². The Bertz CT molecular complexity index is 1560. The maximum atomic E-state index is 15.3. The number of pyridine rings is 1. The Morgan fingerprint density at radius 3 is 2.71 bits per heavy atom. The maximum absolute atomic E-state index is 15.3. The van der Waals surface area contributed by atoms with E-state index in [2.05, 4.69) is 0 Å². The molecule has 0 fully saturated rings. The fourth-order valence-corrected chi connectivity index (χ4v) is 6.23. The molecule has 3 aromatic rings. The average molecular weight is 546 g/mol. The fourth-order valence-electron chi connectivity index (χ4n) is 5.13. The summed E-state index contributed by atoms with van der Waals surface area (Å²) < 4.78 is 65.7. The molecule has 7 nitrogen and oxygen atoms in total. The number of nitrogens with zero attached hydrogens (tertiary/aromatic N) is 3. The number of carbonyl (C=O) groups is 1. The number of alkyl halides is 2. The third kappa shape index (κ3) is 3.65. The van der Waals surface area contributed by atoms with Crippen LogP contribution in [0.5, 0.6) is 11.5 Å². The summed E-state index contributed by atoms with van der Waals surface area (Å²) in [6, 6.07) is 6.34. The Morgan fingerprint density at radius 2 is 1.92 bits per heavy atom. The van der Waals surface area contributed by atoms with Gasteiger partial charge in [0.1, 0.15) is 31.1 Å². The van der Waals surface area contributed by atoms with Gasteiger partial charge in [0, 0.05) is 40.1 Å². The number of aromatic nitrogens is 1. The highest BCUT2D eigenvalue weighted by atomic mass is 32.2. The van der Waals surface area contributed by atoms with Gasteiger partial charge in [0.25, 0.3) is 12.3 Å². The van der Waals surface area contributed by atoms with Gasteiger partial charge in [-0.3, -0.25) is 19.3 Å². The molecular formula is C26H19F4N3O4S. The number of amides is 1. The summed E-state index contributed by atoms with van der Waals surface area (Å²) >= 11 is 1.27. The molecule has 0 spiro atoms. The lowest BCUT2D eigenvalue weighted by atomic mass is 9.92. The third-order valence-electron chi connectivity index (χ3n) is 6.86. The molecule has 0 aliphatic carbocycles. The number of ether oxygens (including phenoxy) is 1. The van der Waals surface area contributed by atoms with Gasteiger partial charge in [-0.15, -0.1) is 11.8 Å². The van der Waals surface area contributed by atoms with Crippen molar-refractivity contribution in [3.63, 3.8) is 0 Å². The standard InChI is InChI=1S/C26H19F4N3O4S/c27-15-10-18-20-14(21(15)28)11-38-19-6-2-1-4-13(19)22(20)33-12-31(16(25(29)30)5-3-9-37-18)26(36)23-24(35)17(34)7-8-32(23)33/h1-8,10,16,22,25,35H,9,11-12H2/b5-3-/t16-,22-/m1/s1. The number of fused-ring (bicyclic) bond motifs is 7. The third-order valence-corrected chi connectivity index (χ3v) is 7.97. The van der Waals surface area contributed by atoms with E-state index in [0.29, 0.717) is 10.5 Å². The SMILES string of the molecule is O=C1c2c(O)c(=O)ccn2N2CN1[C@@H](C(F)F)/C=C\COc1cc(F)c(F)c3c1[C@H]2c1ccccc1SC3. The Balaban J connectivity index is 1.72. The van der Waals surface area contributed by atoms with E-state index >= 15 is 4.39 Å². The second-order valence-electron chi connectivity index (χ2n) is 8.93. The molecular weight excluding hydrogens is 526 g/mol. The minimum absolute atomic E-state index is 0.0108. The molecule has 0 unspecified atom stereocenters. The van der Waals surface area contributed by atoms with Gasteiger partial charge in [-0.25, -0.2) is 17.6 Å². The van der Waals surface area contributed by atoms with Crippen LogP contribution in [0.3, 0.4) is 0 Å². The summed E-state index contributed by atoms with van der Waals surface area (Å²) in [5.41, 5.74) is -0.484. The van der Waals surface area contributed by atoms with Crippen molar-refractivity contribution < 1.29 is 32.2 Å². The molecule has 2 atom stereocenters. The molecule has 12 heteroatoms. The highest BCUT2D eigenvalue weighted by molar-refractivity contribution is 7.98. The minimum atomic E-state index is -3.02. The molecule has 1 N–H and O–H groups in total. The number of thioether (sulfide) groups is 1. The van der Waals surface area contributed by atoms with Crippen molar-refractivity contribution in [3.05, 3.63) is 99.0 Å². The molecule has 196 valence electrons. The summed E-state index contributed by atoms with van der Waals surface area (Å²) in [4.78, 5) is 27.4. The number of hydrogen-bond acceptors (Lipinski definition) is 6. The number of hydrogen-bond donors (Lipinski definition) is 1. The first-order valence-electron chi connectivity index (χ1n) is 11.6. The average Bonchev–Trinajstić information content (AvgIpc) is 3.08. The zero-order chi connectivity index (χ0) is 26.7. The van der Waals surface area contributed by atoms with Crippen LogP contribution in [0, 0.1) is 11.6 Å². The van der Waals surface area contributed by atoms with Crippen LogP contribution < -0.4 is 15.2 Å². The van der Waals surface area contributed by atoms with E-state index < -0.39 is 59.6 Å². The largest absolute Gasteiger partial charge is 0.502 e. The summed E-state index contributed by atoms with van der Waals surface area (Å²) in [7, 11) is 0. The van der Waals surface area contributed by atoms with E-state index in [1.54, 1.807) is 24.3 Å². The monoisotopic (exact) mass is 545 g/mol. The van der Waals surface area contributed by atoms with Crippen LogP contribution in [0.25, 0.3) is 0 Å². The zero-order valence-corrected chi connectivity index (χ0v) is 20.3. The van der Waals surface area contributed by atoms with E-state index in [4.69, 9.17) is 4.74 Å². The molecule has 2 bridgehead atoms. The molecule has 0 saturated carbocycles. The first kappa shape index (κ1) is 24.4. The van der Waals surface area contributed by atoms with Crippen LogP contribution >= 0.6 is 11.8 Å². The van der Waals surface area contributed by atoms with Gasteiger partial charge in [-0.1, -0.05) is 24.3 Å². The second-order valence-corrected chi connectivity index (χ2v) is 9.95. The van der Waals surface area contributed by atoms with Gasteiger partial charge >= 0.3 is 0 Å². The zero-order valence-electron chi connectivity index (χ0n) is 19.5. The molecule has 3 aliphatic rings. The Morgan fingerprint density at radius 1 is 1.13 bits per heavy atom. The number of halogens is 4. The Kier molecular flexibility index (Phi) is 5.86. The lowest BCUT2D eigenvalue weighted by molar-refractivity contribution is 0.0277. The normalized spacial score (nSPS) is 21.0. The molecule has 38 heavy (non-hydrogen) atoms. The first-order chi connectivity index (χ1) is 18.3. The summed E-state index contributed by atoms with van der Waals surface area (Å²) in [5.74, 6) is -4.01. The molecule has 1 aromatic heterocycles. The number of benzene rings is 2. The predicted molar refractivity (Wildman–Crippen MR) is 130 cm³/mol. The van der Waals surface area contributed by atoms with Crippen LogP contribution in [0.1, 0.15) is 33.2 Å². The van der Waals surface area contributed by atoms with Crippen LogP contribution in [-0.2, 0) is 5.75 Å². The van der Waals surface area contributed by atoms with Crippen molar-refractivity contribution in [1.82, 2.24) is 9.58 Å². The van der Waals surface area contributed by atoms with Gasteiger partial charge in [0.05, 0.1) is 0 Å². The van der Waals surface area contributed by atoms with Crippen molar-refractivity contribution in [2.24, 2.45) is 0 Å². The van der Waals surface area contributed by atoms with Crippen molar-refractivity contribution in [3.8, 4) is 11.5 Å². The predicted octanol–water partition coefficient (Wildman–Crippen LogP) is 4.16. The smallest absolute Gasteiger partial charge is 0.278 e.